The fourth-order valence-corrected chi connectivity index (χ4v) is 1.71. The third-order valence-electron chi connectivity index (χ3n) is 2.28. The molecule has 1 rings (SSSR count). The quantitative estimate of drug-likeness (QED) is 0.746. The summed E-state index contributed by atoms with van der Waals surface area (Å²) in [6, 6.07) is 1.44. The molecule has 1 aromatic carbocycles. The molecule has 0 aliphatic carbocycles. The Kier molecular flexibility index (Phi) is 4.65. The summed E-state index contributed by atoms with van der Waals surface area (Å²) in [5.74, 6) is -2.55. The Morgan fingerprint density at radius 3 is 1.75 bits per heavy atom. The molecule has 0 atom stereocenters. The predicted molar refractivity (Wildman–Crippen MR) is 59.1 cm³/mol. The van der Waals surface area contributed by atoms with E-state index in [0.717, 1.165) is 25.0 Å². The monoisotopic (exact) mass is 231 g/mol. The first-order chi connectivity index (χ1) is 7.60. The van der Waals surface area contributed by atoms with Gasteiger partial charge in [-0.05, 0) is 12.8 Å². The first kappa shape index (κ1) is 12.9. The maximum absolute atomic E-state index is 13.5. The van der Waals surface area contributed by atoms with Gasteiger partial charge in [0, 0.05) is 25.2 Å². The first-order valence-electron chi connectivity index (χ1n) is 5.49. The van der Waals surface area contributed by atoms with Crippen molar-refractivity contribution >= 4 is 5.69 Å². The van der Waals surface area contributed by atoms with Gasteiger partial charge in [0.1, 0.15) is 11.5 Å². The molecule has 0 radical (unpaired) electrons. The molecule has 0 heterocycles. The average Bonchev–Trinajstić information content (AvgIpc) is 2.16. The van der Waals surface area contributed by atoms with Crippen LogP contribution in [-0.2, 0) is 0 Å². The van der Waals surface area contributed by atoms with Crippen LogP contribution in [-0.4, -0.2) is 13.1 Å². The second-order valence-electron chi connectivity index (χ2n) is 3.71. The smallest absolute Gasteiger partial charge is 0.152 e. The van der Waals surface area contributed by atoms with Crippen LogP contribution in [0.25, 0.3) is 0 Å². The Morgan fingerprint density at radius 1 is 0.938 bits per heavy atom. The van der Waals surface area contributed by atoms with E-state index in [4.69, 9.17) is 0 Å². The van der Waals surface area contributed by atoms with Gasteiger partial charge >= 0.3 is 0 Å². The van der Waals surface area contributed by atoms with Gasteiger partial charge in [0.2, 0.25) is 0 Å². The minimum absolute atomic E-state index is 0.120. The summed E-state index contributed by atoms with van der Waals surface area (Å²) in [4.78, 5) is 1.62. The van der Waals surface area contributed by atoms with Gasteiger partial charge in [0.05, 0.1) is 0 Å². The van der Waals surface area contributed by atoms with E-state index in [1.165, 1.54) is 0 Å². The Bertz CT molecular complexity index is 323. The molecule has 0 aromatic heterocycles. The van der Waals surface area contributed by atoms with E-state index < -0.39 is 17.5 Å². The molecule has 0 unspecified atom stereocenters. The van der Waals surface area contributed by atoms with Gasteiger partial charge in [-0.2, -0.15) is 0 Å². The molecule has 1 nitrogen and oxygen atoms in total. The average molecular weight is 231 g/mol. The van der Waals surface area contributed by atoms with E-state index in [9.17, 15) is 13.2 Å². The minimum atomic E-state index is -0.883. The van der Waals surface area contributed by atoms with Crippen LogP contribution in [0.1, 0.15) is 26.7 Å². The maximum Gasteiger partial charge on any atom is 0.152 e. The van der Waals surface area contributed by atoms with Crippen molar-refractivity contribution in [2.24, 2.45) is 0 Å². The third-order valence-corrected chi connectivity index (χ3v) is 2.28. The van der Waals surface area contributed by atoms with E-state index in [1.54, 1.807) is 4.90 Å². The molecule has 0 aliphatic rings. The van der Waals surface area contributed by atoms with Crippen LogP contribution < -0.4 is 4.90 Å². The van der Waals surface area contributed by atoms with Crippen molar-refractivity contribution in [1.82, 2.24) is 0 Å². The molecule has 16 heavy (non-hydrogen) atoms. The molecular formula is C12H16F3N. The molecule has 0 N–H and O–H groups in total. The van der Waals surface area contributed by atoms with Gasteiger partial charge in [0.15, 0.2) is 11.6 Å². The molecule has 0 amide bonds. The van der Waals surface area contributed by atoms with Crippen molar-refractivity contribution in [3.63, 3.8) is 0 Å². The largest absolute Gasteiger partial charge is 0.367 e. The standard InChI is InChI=1S/C12H16F3N/c1-3-5-16(6-4-2)12-10(14)7-9(13)8-11(12)15/h7-8H,3-6H2,1-2H3. The number of anilines is 1. The molecule has 0 bridgehead atoms. The summed E-state index contributed by atoms with van der Waals surface area (Å²) < 4.78 is 39.7. The highest BCUT2D eigenvalue weighted by molar-refractivity contribution is 5.49. The molecule has 0 spiro atoms. The van der Waals surface area contributed by atoms with Gasteiger partial charge in [-0.3, -0.25) is 0 Å². The maximum atomic E-state index is 13.5. The Balaban J connectivity index is 3.07. The SMILES string of the molecule is CCCN(CCC)c1c(F)cc(F)cc1F. The summed E-state index contributed by atoms with van der Waals surface area (Å²) in [5, 5.41) is 0. The Labute approximate surface area is 93.9 Å². The lowest BCUT2D eigenvalue weighted by atomic mass is 10.2. The van der Waals surface area contributed by atoms with Crippen LogP contribution in [0.4, 0.5) is 18.9 Å². The number of hydrogen-bond donors (Lipinski definition) is 0. The zero-order valence-corrected chi connectivity index (χ0v) is 9.56. The lowest BCUT2D eigenvalue weighted by Gasteiger charge is -2.24. The number of nitrogens with zero attached hydrogens (tertiary/aromatic N) is 1. The summed E-state index contributed by atoms with van der Waals surface area (Å²) in [6.07, 6.45) is 1.58. The van der Waals surface area contributed by atoms with E-state index in [-0.39, 0.29) is 5.69 Å². The van der Waals surface area contributed by atoms with Gasteiger partial charge in [-0.15, -0.1) is 0 Å². The lowest BCUT2D eigenvalue weighted by molar-refractivity contribution is 0.534. The topological polar surface area (TPSA) is 3.24 Å². The van der Waals surface area contributed by atoms with Crippen molar-refractivity contribution in [2.75, 3.05) is 18.0 Å². The first-order valence-corrected chi connectivity index (χ1v) is 5.49. The Hall–Kier alpha value is -1.19. The fourth-order valence-electron chi connectivity index (χ4n) is 1.71. The zero-order valence-electron chi connectivity index (χ0n) is 9.56. The molecule has 4 heteroatoms. The summed E-state index contributed by atoms with van der Waals surface area (Å²) in [7, 11) is 0. The van der Waals surface area contributed by atoms with Crippen LogP contribution in [0.5, 0.6) is 0 Å². The van der Waals surface area contributed by atoms with Gasteiger partial charge < -0.3 is 4.90 Å². The number of halogens is 3. The highest BCUT2D eigenvalue weighted by atomic mass is 19.1. The van der Waals surface area contributed by atoms with Crippen molar-refractivity contribution in [1.29, 1.82) is 0 Å². The third kappa shape index (κ3) is 2.90. The van der Waals surface area contributed by atoms with Crippen LogP contribution in [0.15, 0.2) is 12.1 Å². The van der Waals surface area contributed by atoms with Crippen LogP contribution >= 0.6 is 0 Å². The summed E-state index contributed by atoms with van der Waals surface area (Å²) >= 11 is 0. The summed E-state index contributed by atoms with van der Waals surface area (Å²) in [5.41, 5.74) is -0.120. The molecular weight excluding hydrogens is 215 g/mol. The lowest BCUT2D eigenvalue weighted by Crippen LogP contribution is -2.27. The van der Waals surface area contributed by atoms with Gasteiger partial charge in [-0.25, -0.2) is 13.2 Å². The summed E-state index contributed by atoms with van der Waals surface area (Å²) in [6.45, 7) is 4.99. The molecule has 1 aromatic rings. The second-order valence-corrected chi connectivity index (χ2v) is 3.71. The van der Waals surface area contributed by atoms with Crippen LogP contribution in [0, 0.1) is 17.5 Å². The van der Waals surface area contributed by atoms with E-state index in [1.807, 2.05) is 13.8 Å². The number of rotatable bonds is 5. The van der Waals surface area contributed by atoms with E-state index >= 15 is 0 Å². The second kappa shape index (κ2) is 5.77. The molecule has 0 saturated heterocycles. The van der Waals surface area contributed by atoms with Crippen molar-refractivity contribution in [3.8, 4) is 0 Å². The fraction of sp³-hybridized carbons (Fsp3) is 0.500. The number of hydrogen-bond acceptors (Lipinski definition) is 1. The molecule has 0 fully saturated rings. The van der Waals surface area contributed by atoms with Crippen molar-refractivity contribution in [2.45, 2.75) is 26.7 Å². The van der Waals surface area contributed by atoms with Crippen LogP contribution in [0.3, 0.4) is 0 Å². The van der Waals surface area contributed by atoms with Gasteiger partial charge in [-0.1, -0.05) is 13.8 Å². The zero-order chi connectivity index (χ0) is 12.1. The van der Waals surface area contributed by atoms with Crippen molar-refractivity contribution < 1.29 is 13.2 Å². The van der Waals surface area contributed by atoms with E-state index in [0.29, 0.717) is 13.1 Å². The van der Waals surface area contributed by atoms with Gasteiger partial charge in [0.25, 0.3) is 0 Å². The predicted octanol–water partition coefficient (Wildman–Crippen LogP) is 3.73. The normalized spacial score (nSPS) is 10.6. The molecule has 0 saturated carbocycles. The Morgan fingerprint density at radius 2 is 1.38 bits per heavy atom. The minimum Gasteiger partial charge on any atom is -0.367 e. The van der Waals surface area contributed by atoms with Crippen LogP contribution in [0.2, 0.25) is 0 Å². The number of benzene rings is 1. The van der Waals surface area contributed by atoms with E-state index in [2.05, 4.69) is 0 Å². The highest BCUT2D eigenvalue weighted by Gasteiger charge is 2.17. The molecule has 0 aliphatic heterocycles. The molecule has 90 valence electrons. The highest BCUT2D eigenvalue weighted by Crippen LogP contribution is 2.24. The van der Waals surface area contributed by atoms with Crippen molar-refractivity contribution in [3.05, 3.63) is 29.6 Å².